The monoisotopic (exact) mass is 537 g/mol. The Hall–Kier alpha value is -4.44. The van der Waals surface area contributed by atoms with Crippen LogP contribution >= 0.6 is 0 Å². The molecule has 7 rings (SSSR count). The molecule has 0 atom stereocenters. The Morgan fingerprint density at radius 3 is 2.83 bits per heavy atom. The third kappa shape index (κ3) is 3.98. The van der Waals surface area contributed by atoms with Crippen LogP contribution in [-0.4, -0.2) is 42.4 Å². The van der Waals surface area contributed by atoms with Gasteiger partial charge in [-0.05, 0) is 61.3 Å². The molecule has 0 spiro atoms. The number of benzene rings is 2. The zero-order valence-corrected chi connectivity index (χ0v) is 22.8. The van der Waals surface area contributed by atoms with Crippen LogP contribution in [0.2, 0.25) is 0 Å². The molecule has 0 unspecified atom stereocenters. The zero-order valence-electron chi connectivity index (χ0n) is 22.8. The van der Waals surface area contributed by atoms with Gasteiger partial charge in [-0.1, -0.05) is 32.1 Å². The van der Waals surface area contributed by atoms with Gasteiger partial charge in [0, 0.05) is 36.9 Å². The van der Waals surface area contributed by atoms with E-state index in [0.717, 1.165) is 31.6 Å². The Labute approximate surface area is 230 Å². The lowest BCUT2D eigenvalue weighted by Gasteiger charge is -2.38. The summed E-state index contributed by atoms with van der Waals surface area (Å²) in [5.41, 5.74) is 5.85. The van der Waals surface area contributed by atoms with Crippen molar-refractivity contribution in [2.24, 2.45) is 0 Å². The Morgan fingerprint density at radius 2 is 1.95 bits per heavy atom. The van der Waals surface area contributed by atoms with Crippen molar-refractivity contribution in [2.75, 3.05) is 18.9 Å². The van der Waals surface area contributed by atoms with Crippen LogP contribution in [0.3, 0.4) is 0 Å². The standard InChI is InChI=1S/C30H31N7O3/c1-30(2)18-34(3)17-19-14-20(8-10-23(19)30)32-28-31-16-22-26(33-28)37-21-9-11-25-24(15-21)35(29(39)40-25)12-6-4-5-7-13-36(37)27(22)38/h5,7-11,14-16H,4,6,12-13,17-18H2,1-3H3,(H,31,32,33)/b7-5-. The van der Waals surface area contributed by atoms with Gasteiger partial charge in [-0.25, -0.2) is 19.1 Å². The first-order valence-corrected chi connectivity index (χ1v) is 13.6. The van der Waals surface area contributed by atoms with Gasteiger partial charge < -0.3 is 14.6 Å². The van der Waals surface area contributed by atoms with Gasteiger partial charge >= 0.3 is 5.76 Å². The normalized spacial score (nSPS) is 17.8. The highest BCUT2D eigenvalue weighted by atomic mass is 16.4. The second-order valence-corrected chi connectivity index (χ2v) is 11.5. The number of likely N-dealkylation sites (N-methyl/N-ethyl adjacent to an activating group) is 1. The predicted octanol–water partition coefficient (Wildman–Crippen LogP) is 4.31. The van der Waals surface area contributed by atoms with Crippen LogP contribution < -0.4 is 16.6 Å². The fraction of sp³-hybridized carbons (Fsp3) is 0.333. The SMILES string of the molecule is CN1Cc2cc(Nc3ncc4c(=O)n5n(c4n3)-c3ccc4oc(=O)n(c4c3)CCC/C=C\C5)ccc2C(C)(C)C1. The van der Waals surface area contributed by atoms with Gasteiger partial charge in [0.25, 0.3) is 5.56 Å². The molecule has 0 aliphatic carbocycles. The van der Waals surface area contributed by atoms with Crippen LogP contribution in [-0.2, 0) is 25.0 Å². The van der Waals surface area contributed by atoms with Crippen molar-refractivity contribution >= 4 is 33.8 Å². The second-order valence-electron chi connectivity index (χ2n) is 11.5. The first-order valence-electron chi connectivity index (χ1n) is 13.6. The van der Waals surface area contributed by atoms with Crippen molar-refractivity contribution < 1.29 is 4.42 Å². The number of hydrogen-bond acceptors (Lipinski definition) is 7. The summed E-state index contributed by atoms with van der Waals surface area (Å²) in [4.78, 5) is 37.7. The van der Waals surface area contributed by atoms with Gasteiger partial charge in [0.2, 0.25) is 5.95 Å². The van der Waals surface area contributed by atoms with E-state index in [1.807, 2.05) is 29.0 Å². The average Bonchev–Trinajstić information content (AvgIpc) is 3.36. The molecule has 10 heteroatoms. The Bertz CT molecular complexity index is 1940. The third-order valence-electron chi connectivity index (χ3n) is 7.96. The van der Waals surface area contributed by atoms with Crippen molar-refractivity contribution in [3.8, 4) is 5.69 Å². The highest BCUT2D eigenvalue weighted by molar-refractivity contribution is 5.80. The largest absolute Gasteiger partial charge is 0.419 e. The highest BCUT2D eigenvalue weighted by Gasteiger charge is 2.30. The molecule has 2 aromatic carbocycles. The van der Waals surface area contributed by atoms with E-state index in [1.54, 1.807) is 21.5 Å². The first kappa shape index (κ1) is 24.6. The summed E-state index contributed by atoms with van der Waals surface area (Å²) in [6.45, 7) is 7.38. The van der Waals surface area contributed by atoms with Crippen LogP contribution in [0.4, 0.5) is 11.6 Å². The first-order chi connectivity index (χ1) is 19.3. The quantitative estimate of drug-likeness (QED) is 0.335. The molecule has 0 fully saturated rings. The van der Waals surface area contributed by atoms with Gasteiger partial charge in [0.05, 0.1) is 17.7 Å². The molecule has 5 aromatic rings. The van der Waals surface area contributed by atoms with E-state index in [2.05, 4.69) is 54.3 Å². The molecule has 0 saturated heterocycles. The summed E-state index contributed by atoms with van der Waals surface area (Å²) in [6.07, 6.45) is 7.19. The molecule has 2 bridgehead atoms. The molecule has 2 aliphatic rings. The molecule has 40 heavy (non-hydrogen) atoms. The number of anilines is 2. The number of nitrogens with one attached hydrogen (secondary N) is 1. The Balaban J connectivity index is 1.36. The smallest absolute Gasteiger partial charge is 0.408 e. The Morgan fingerprint density at radius 1 is 1.07 bits per heavy atom. The molecule has 204 valence electrons. The minimum absolute atomic E-state index is 0.0747. The molecule has 5 heterocycles. The van der Waals surface area contributed by atoms with Gasteiger partial charge in [-0.2, -0.15) is 4.98 Å². The Kier molecular flexibility index (Phi) is 5.57. The lowest BCUT2D eigenvalue weighted by Crippen LogP contribution is -2.39. The van der Waals surface area contributed by atoms with E-state index in [4.69, 9.17) is 9.40 Å². The summed E-state index contributed by atoms with van der Waals surface area (Å²) in [5, 5.41) is 3.78. The van der Waals surface area contributed by atoms with Gasteiger partial charge in [-0.15, -0.1) is 0 Å². The maximum Gasteiger partial charge on any atom is 0.419 e. The fourth-order valence-electron chi connectivity index (χ4n) is 6.27. The fourth-order valence-corrected chi connectivity index (χ4v) is 6.27. The number of nitrogens with zero attached hydrogens (tertiary/aromatic N) is 6. The summed E-state index contributed by atoms with van der Waals surface area (Å²) >= 11 is 0. The lowest BCUT2D eigenvalue weighted by atomic mass is 9.78. The van der Waals surface area contributed by atoms with Crippen LogP contribution in [0.15, 0.2) is 68.8 Å². The summed E-state index contributed by atoms with van der Waals surface area (Å²) in [7, 11) is 2.14. The molecule has 10 nitrogen and oxygen atoms in total. The van der Waals surface area contributed by atoms with Crippen LogP contribution in [0.25, 0.3) is 27.8 Å². The van der Waals surface area contributed by atoms with Crippen LogP contribution in [0.5, 0.6) is 0 Å². The summed E-state index contributed by atoms with van der Waals surface area (Å²) in [6, 6.07) is 11.9. The minimum Gasteiger partial charge on any atom is -0.408 e. The van der Waals surface area contributed by atoms with E-state index in [-0.39, 0.29) is 16.7 Å². The summed E-state index contributed by atoms with van der Waals surface area (Å²) < 4.78 is 10.6. The maximum atomic E-state index is 13.5. The van der Waals surface area contributed by atoms with Crippen LogP contribution in [0, 0.1) is 0 Å². The molecule has 3 aromatic heterocycles. The van der Waals surface area contributed by atoms with Crippen molar-refractivity contribution in [3.63, 3.8) is 0 Å². The molecule has 2 aliphatic heterocycles. The molecule has 0 radical (unpaired) electrons. The number of rotatable bonds is 2. The lowest BCUT2D eigenvalue weighted by molar-refractivity contribution is 0.236. The number of oxazole rings is 1. The van der Waals surface area contributed by atoms with E-state index < -0.39 is 0 Å². The average molecular weight is 538 g/mol. The molecule has 0 amide bonds. The number of fused-ring (bicyclic) bond motifs is 6. The molecular formula is C30H31N7O3. The molecule has 0 saturated carbocycles. The minimum atomic E-state index is -0.378. The summed E-state index contributed by atoms with van der Waals surface area (Å²) in [5.74, 6) is 0.0242. The van der Waals surface area contributed by atoms with Crippen LogP contribution in [0.1, 0.15) is 37.8 Å². The van der Waals surface area contributed by atoms with Crippen molar-refractivity contribution in [1.29, 1.82) is 0 Å². The topological polar surface area (TPSA) is 103 Å². The van der Waals surface area contributed by atoms with Crippen molar-refractivity contribution in [3.05, 3.63) is 86.8 Å². The number of aryl methyl sites for hydroxylation is 1. The van der Waals surface area contributed by atoms with Crippen molar-refractivity contribution in [2.45, 2.75) is 51.7 Å². The van der Waals surface area contributed by atoms with E-state index in [9.17, 15) is 9.59 Å². The van der Waals surface area contributed by atoms with Crippen molar-refractivity contribution in [1.82, 2.24) is 28.8 Å². The number of allylic oxidation sites excluding steroid dienone is 2. The number of aromatic nitrogens is 5. The second kappa shape index (κ2) is 9.06. The molecule has 1 N–H and O–H groups in total. The van der Waals surface area contributed by atoms with Gasteiger partial charge in [0.1, 0.15) is 5.39 Å². The third-order valence-corrected chi connectivity index (χ3v) is 7.96. The predicted molar refractivity (Wildman–Crippen MR) is 155 cm³/mol. The zero-order chi connectivity index (χ0) is 27.6. The number of hydrogen-bond donors (Lipinski definition) is 1. The van der Waals surface area contributed by atoms with Gasteiger partial charge in [-0.3, -0.25) is 9.36 Å². The highest BCUT2D eigenvalue weighted by Crippen LogP contribution is 2.34. The maximum absolute atomic E-state index is 13.5. The van der Waals surface area contributed by atoms with E-state index in [1.165, 1.54) is 11.1 Å². The molecular weight excluding hydrogens is 506 g/mol. The van der Waals surface area contributed by atoms with E-state index in [0.29, 0.717) is 46.9 Å². The van der Waals surface area contributed by atoms with E-state index >= 15 is 0 Å². The van der Waals surface area contributed by atoms with Gasteiger partial charge in [0.15, 0.2) is 11.2 Å².